The van der Waals surface area contributed by atoms with Crippen molar-refractivity contribution in [2.45, 2.75) is 38.7 Å². The van der Waals surface area contributed by atoms with E-state index in [9.17, 15) is 0 Å². The molecule has 114 valence electrons. The Balaban J connectivity index is 2.10. The van der Waals surface area contributed by atoms with Crippen molar-refractivity contribution in [3.05, 3.63) is 59.7 Å². The molecule has 1 aromatic heterocycles. The molecule has 0 spiro atoms. The zero-order chi connectivity index (χ0) is 15.7. The summed E-state index contributed by atoms with van der Waals surface area (Å²) in [5, 5.41) is 8.81. The summed E-state index contributed by atoms with van der Waals surface area (Å²) in [6.45, 7) is 9.36. The molecule has 0 aliphatic rings. The third-order valence-corrected chi connectivity index (χ3v) is 5.55. The lowest BCUT2D eigenvalue weighted by Gasteiger charge is -2.25. The summed E-state index contributed by atoms with van der Waals surface area (Å²) in [6, 6.07) is 18.5. The predicted molar refractivity (Wildman–Crippen MR) is 95.0 cm³/mol. The van der Waals surface area contributed by atoms with Crippen molar-refractivity contribution in [2.75, 3.05) is 0 Å². The van der Waals surface area contributed by atoms with E-state index in [1.54, 1.807) is 0 Å². The number of aromatic nitrogens is 3. The van der Waals surface area contributed by atoms with E-state index in [1.165, 1.54) is 11.1 Å². The lowest BCUT2D eigenvalue weighted by molar-refractivity contribution is 0.554. The van der Waals surface area contributed by atoms with Crippen LogP contribution in [0.25, 0.3) is 11.0 Å². The lowest BCUT2D eigenvalue weighted by Crippen LogP contribution is -2.27. The number of hydrogen-bond donors (Lipinski definition) is 0. The van der Waals surface area contributed by atoms with Crippen LogP contribution in [0.5, 0.6) is 0 Å². The molecule has 3 aromatic rings. The van der Waals surface area contributed by atoms with E-state index in [0.29, 0.717) is 0 Å². The first-order chi connectivity index (χ1) is 10.4. The third kappa shape index (κ3) is 3.12. The van der Waals surface area contributed by atoms with Crippen molar-refractivity contribution in [1.29, 1.82) is 0 Å². The second-order valence-corrected chi connectivity index (χ2v) is 12.7. The van der Waals surface area contributed by atoms with Crippen molar-refractivity contribution in [1.82, 2.24) is 15.0 Å². The largest absolute Gasteiger partial charge is 0.237 e. The monoisotopic (exact) mass is 309 g/mol. The maximum atomic E-state index is 4.47. The number of para-hydroxylation sites is 1. The highest BCUT2D eigenvalue weighted by Crippen LogP contribution is 2.30. The average molecular weight is 309 g/mol. The highest BCUT2D eigenvalue weighted by Gasteiger charge is 2.25. The molecular formula is C18H23N3Si. The van der Waals surface area contributed by atoms with Crippen molar-refractivity contribution in [3.8, 4) is 0 Å². The summed E-state index contributed by atoms with van der Waals surface area (Å²) in [5.74, 6) is 0. The van der Waals surface area contributed by atoms with Gasteiger partial charge in [0.2, 0.25) is 0 Å². The van der Waals surface area contributed by atoms with Crippen LogP contribution in [0.3, 0.4) is 0 Å². The molecule has 0 radical (unpaired) electrons. The van der Waals surface area contributed by atoms with Gasteiger partial charge in [-0.05, 0) is 30.7 Å². The summed E-state index contributed by atoms with van der Waals surface area (Å²) in [5.41, 5.74) is 4.70. The van der Waals surface area contributed by atoms with E-state index in [0.717, 1.165) is 17.1 Å². The van der Waals surface area contributed by atoms with Gasteiger partial charge in [-0.2, -0.15) is 0 Å². The Bertz CT molecular complexity index is 769. The number of rotatable bonds is 4. The highest BCUT2D eigenvalue weighted by molar-refractivity contribution is 6.76. The van der Waals surface area contributed by atoms with Gasteiger partial charge in [0.05, 0.1) is 11.6 Å². The quantitative estimate of drug-likeness (QED) is 0.656. The number of fused-ring (bicyclic) bond motifs is 1. The predicted octanol–water partition coefficient (Wildman–Crippen LogP) is 4.67. The summed E-state index contributed by atoms with van der Waals surface area (Å²) < 4.78 is 2.11. The molecule has 0 unspecified atom stereocenters. The second-order valence-electron chi connectivity index (χ2n) is 7.21. The van der Waals surface area contributed by atoms with Crippen LogP contribution in [0.4, 0.5) is 0 Å². The minimum absolute atomic E-state index is 0.264. The van der Waals surface area contributed by atoms with Gasteiger partial charge in [-0.15, -0.1) is 5.10 Å². The summed E-state index contributed by atoms with van der Waals surface area (Å²) in [7, 11) is -1.25. The molecule has 0 saturated carbocycles. The van der Waals surface area contributed by atoms with Gasteiger partial charge in [-0.25, -0.2) is 4.68 Å². The fraction of sp³-hybridized carbons (Fsp3) is 0.333. The van der Waals surface area contributed by atoms with Crippen LogP contribution in [0.1, 0.15) is 17.2 Å². The smallest absolute Gasteiger partial charge is 0.113 e. The molecule has 2 aromatic carbocycles. The first kappa shape index (κ1) is 15.0. The van der Waals surface area contributed by atoms with Crippen molar-refractivity contribution < 1.29 is 0 Å². The molecule has 1 atom stereocenters. The van der Waals surface area contributed by atoms with E-state index in [-0.39, 0.29) is 6.04 Å². The molecule has 3 rings (SSSR count). The second kappa shape index (κ2) is 5.69. The van der Waals surface area contributed by atoms with Crippen molar-refractivity contribution in [2.24, 2.45) is 0 Å². The van der Waals surface area contributed by atoms with E-state index in [2.05, 4.69) is 78.0 Å². The van der Waals surface area contributed by atoms with Crippen LogP contribution in [-0.2, 0) is 0 Å². The van der Waals surface area contributed by atoms with E-state index in [1.807, 2.05) is 12.1 Å². The van der Waals surface area contributed by atoms with E-state index >= 15 is 0 Å². The van der Waals surface area contributed by atoms with Gasteiger partial charge in [0, 0.05) is 8.07 Å². The van der Waals surface area contributed by atoms with Gasteiger partial charge in [0.15, 0.2) is 0 Å². The Morgan fingerprint density at radius 3 is 2.36 bits per heavy atom. The molecule has 1 heterocycles. The molecule has 22 heavy (non-hydrogen) atoms. The number of aryl methyl sites for hydroxylation is 1. The SMILES string of the molecule is Cc1ccc([C@H](C[Si](C)(C)C)n2nnc3ccccc32)cc1. The molecular weight excluding hydrogens is 286 g/mol. The number of hydrogen-bond acceptors (Lipinski definition) is 2. The first-order valence-corrected chi connectivity index (χ1v) is 11.5. The van der Waals surface area contributed by atoms with Crippen LogP contribution in [-0.4, -0.2) is 23.1 Å². The first-order valence-electron chi connectivity index (χ1n) is 7.80. The van der Waals surface area contributed by atoms with E-state index < -0.39 is 8.07 Å². The van der Waals surface area contributed by atoms with Crippen LogP contribution < -0.4 is 0 Å². The molecule has 0 fully saturated rings. The molecule has 4 heteroatoms. The van der Waals surface area contributed by atoms with Crippen LogP contribution in [0, 0.1) is 6.92 Å². The summed E-state index contributed by atoms with van der Waals surface area (Å²) in [6.07, 6.45) is 0. The summed E-state index contributed by atoms with van der Waals surface area (Å²) in [4.78, 5) is 0. The zero-order valence-corrected chi connectivity index (χ0v) is 14.7. The van der Waals surface area contributed by atoms with Crippen molar-refractivity contribution >= 4 is 19.1 Å². The van der Waals surface area contributed by atoms with Crippen LogP contribution in [0.2, 0.25) is 25.7 Å². The van der Waals surface area contributed by atoms with E-state index in [4.69, 9.17) is 0 Å². The molecule has 0 amide bonds. The maximum absolute atomic E-state index is 4.47. The molecule has 3 nitrogen and oxygen atoms in total. The van der Waals surface area contributed by atoms with Gasteiger partial charge in [-0.1, -0.05) is 66.8 Å². The Morgan fingerprint density at radius 2 is 1.68 bits per heavy atom. The molecule has 0 bridgehead atoms. The van der Waals surface area contributed by atoms with Gasteiger partial charge >= 0.3 is 0 Å². The van der Waals surface area contributed by atoms with Crippen LogP contribution in [0.15, 0.2) is 48.5 Å². The number of benzene rings is 2. The van der Waals surface area contributed by atoms with Gasteiger partial charge in [-0.3, -0.25) is 0 Å². The standard InChI is InChI=1S/C18H23N3Si/c1-14-9-11-15(12-10-14)18(13-22(2,3)4)21-17-8-6-5-7-16(17)19-20-21/h5-12,18H,13H2,1-4H3/t18-/m0/s1. The topological polar surface area (TPSA) is 30.7 Å². The maximum Gasteiger partial charge on any atom is 0.113 e. The lowest BCUT2D eigenvalue weighted by atomic mass is 10.1. The zero-order valence-electron chi connectivity index (χ0n) is 13.7. The third-order valence-electron chi connectivity index (χ3n) is 3.94. The summed E-state index contributed by atoms with van der Waals surface area (Å²) >= 11 is 0. The molecule has 0 N–H and O–H groups in total. The Hall–Kier alpha value is -1.94. The highest BCUT2D eigenvalue weighted by atomic mass is 28.3. The average Bonchev–Trinajstić information content (AvgIpc) is 2.89. The molecule has 0 aliphatic heterocycles. The Morgan fingerprint density at radius 1 is 1.00 bits per heavy atom. The fourth-order valence-corrected chi connectivity index (χ4v) is 4.40. The number of nitrogens with zero attached hydrogens (tertiary/aromatic N) is 3. The minimum atomic E-state index is -1.25. The van der Waals surface area contributed by atoms with Crippen LogP contribution >= 0.6 is 0 Å². The van der Waals surface area contributed by atoms with Crippen molar-refractivity contribution in [3.63, 3.8) is 0 Å². The molecule has 0 aliphatic carbocycles. The Labute approximate surface area is 133 Å². The normalized spacial score (nSPS) is 13.5. The van der Waals surface area contributed by atoms with Gasteiger partial charge in [0.25, 0.3) is 0 Å². The van der Waals surface area contributed by atoms with Gasteiger partial charge in [0.1, 0.15) is 5.52 Å². The molecule has 0 saturated heterocycles. The minimum Gasteiger partial charge on any atom is -0.237 e. The van der Waals surface area contributed by atoms with Gasteiger partial charge < -0.3 is 0 Å². The fourth-order valence-electron chi connectivity index (χ4n) is 2.83. The Kier molecular flexibility index (Phi) is 3.87.